The van der Waals surface area contributed by atoms with Crippen LogP contribution in [-0.2, 0) is 9.16 Å². The van der Waals surface area contributed by atoms with Crippen LogP contribution in [0.5, 0.6) is 0 Å². The van der Waals surface area contributed by atoms with Crippen molar-refractivity contribution < 1.29 is 9.16 Å². The first-order valence-electron chi connectivity index (χ1n) is 10.9. The number of hydrogen-bond acceptors (Lipinski definition) is 2. The van der Waals surface area contributed by atoms with E-state index >= 15 is 0 Å². The Bertz CT molecular complexity index is 596. The zero-order valence-electron chi connectivity index (χ0n) is 18.2. The summed E-state index contributed by atoms with van der Waals surface area (Å²) in [5.41, 5.74) is 2.07. The fourth-order valence-corrected chi connectivity index (χ4v) is 8.57. The summed E-state index contributed by atoms with van der Waals surface area (Å²) in [6.45, 7) is 14.9. The van der Waals surface area contributed by atoms with Crippen LogP contribution in [0, 0.1) is 23.2 Å². The first-order valence-corrected chi connectivity index (χ1v) is 15.5. The Morgan fingerprint density at radius 1 is 1.30 bits per heavy atom. The van der Waals surface area contributed by atoms with E-state index in [4.69, 9.17) is 9.16 Å². The van der Waals surface area contributed by atoms with Gasteiger partial charge in [0.15, 0.2) is 8.32 Å². The molecule has 27 heavy (non-hydrogen) atoms. The number of halogens is 1. The molecule has 0 aliphatic heterocycles. The quantitative estimate of drug-likeness (QED) is 0.219. The van der Waals surface area contributed by atoms with Gasteiger partial charge in [0, 0.05) is 6.42 Å². The Morgan fingerprint density at radius 2 is 2.04 bits per heavy atom. The number of ether oxygens (including phenoxy) is 1. The molecule has 0 heterocycles. The third-order valence-electron chi connectivity index (χ3n) is 7.25. The molecular weight excluding hydrogens is 463 g/mol. The molecule has 0 aromatic heterocycles. The molecule has 3 rings (SSSR count). The lowest BCUT2D eigenvalue weighted by molar-refractivity contribution is -0.00461. The van der Waals surface area contributed by atoms with Gasteiger partial charge in [0.2, 0.25) is 0 Å². The summed E-state index contributed by atoms with van der Waals surface area (Å²) in [4.78, 5) is 0. The van der Waals surface area contributed by atoms with Crippen molar-refractivity contribution in [3.63, 3.8) is 0 Å². The second-order valence-electron chi connectivity index (χ2n) is 10.7. The maximum absolute atomic E-state index is 6.40. The minimum Gasteiger partial charge on any atom is -0.409 e. The summed E-state index contributed by atoms with van der Waals surface area (Å²) >= 11 is 2.47. The number of allylic oxidation sites excluding steroid dienone is 1. The van der Waals surface area contributed by atoms with E-state index in [9.17, 15) is 0 Å². The van der Waals surface area contributed by atoms with Crippen LogP contribution < -0.4 is 0 Å². The van der Waals surface area contributed by atoms with Crippen molar-refractivity contribution in [2.45, 2.75) is 90.6 Å². The van der Waals surface area contributed by atoms with Crippen molar-refractivity contribution in [3.05, 3.63) is 21.8 Å². The van der Waals surface area contributed by atoms with Gasteiger partial charge in [-0.25, -0.2) is 0 Å². The maximum Gasteiger partial charge on any atom is 0.184 e. The fraction of sp³-hybridized carbons (Fsp3) is 0.826. The predicted molar refractivity (Wildman–Crippen MR) is 126 cm³/mol. The van der Waals surface area contributed by atoms with E-state index in [2.05, 4.69) is 79.2 Å². The molecule has 0 aromatic carbocycles. The minimum absolute atomic E-state index is 0.133. The molecule has 0 saturated heterocycles. The van der Waals surface area contributed by atoms with Gasteiger partial charge in [-0.15, -0.1) is 0 Å². The van der Waals surface area contributed by atoms with Gasteiger partial charge in [0.25, 0.3) is 0 Å². The molecule has 0 amide bonds. The molecule has 6 atom stereocenters. The maximum atomic E-state index is 6.40. The highest BCUT2D eigenvalue weighted by molar-refractivity contribution is 14.1. The van der Waals surface area contributed by atoms with Crippen LogP contribution >= 0.6 is 22.6 Å². The first kappa shape index (κ1) is 22.0. The molecule has 2 fully saturated rings. The summed E-state index contributed by atoms with van der Waals surface area (Å²) < 4.78 is 15.2. The van der Waals surface area contributed by atoms with E-state index in [0.717, 1.165) is 24.9 Å². The highest BCUT2D eigenvalue weighted by atomic mass is 127. The minimum atomic E-state index is -1.54. The Morgan fingerprint density at radius 3 is 2.70 bits per heavy atom. The predicted octanol–water partition coefficient (Wildman–Crippen LogP) is 7.11. The molecule has 0 spiro atoms. The molecule has 2 saturated carbocycles. The Balaban J connectivity index is 1.55. The third kappa shape index (κ3) is 4.92. The summed E-state index contributed by atoms with van der Waals surface area (Å²) in [5, 5.41) is 0. The monoisotopic (exact) mass is 502 g/mol. The van der Waals surface area contributed by atoms with Crippen molar-refractivity contribution >= 4 is 30.9 Å². The van der Waals surface area contributed by atoms with Crippen LogP contribution in [0.3, 0.4) is 0 Å². The molecule has 2 nitrogen and oxygen atoms in total. The number of fused-ring (bicyclic) bond motifs is 1. The summed E-state index contributed by atoms with van der Waals surface area (Å²) in [6, 6.07) is 0. The number of rotatable bonds is 6. The lowest BCUT2D eigenvalue weighted by Gasteiger charge is -2.44. The second kappa shape index (κ2) is 8.23. The highest BCUT2D eigenvalue weighted by Crippen LogP contribution is 2.59. The van der Waals surface area contributed by atoms with E-state index in [-0.39, 0.29) is 11.7 Å². The molecule has 0 aromatic rings. The van der Waals surface area contributed by atoms with Crippen LogP contribution in [-0.4, -0.2) is 26.6 Å². The van der Waals surface area contributed by atoms with Crippen LogP contribution in [0.15, 0.2) is 21.8 Å². The Hall–Kier alpha value is 0.347. The van der Waals surface area contributed by atoms with Gasteiger partial charge in [-0.05, 0) is 85.9 Å². The van der Waals surface area contributed by atoms with Crippen molar-refractivity contribution in [1.82, 2.24) is 0 Å². The van der Waals surface area contributed by atoms with Gasteiger partial charge < -0.3 is 9.16 Å². The fourth-order valence-electron chi connectivity index (χ4n) is 6.27. The molecule has 3 aliphatic carbocycles. The van der Waals surface area contributed by atoms with E-state index in [1.54, 1.807) is 5.57 Å². The van der Waals surface area contributed by atoms with E-state index in [1.165, 1.54) is 32.1 Å². The highest BCUT2D eigenvalue weighted by Gasteiger charge is 2.50. The van der Waals surface area contributed by atoms with Gasteiger partial charge >= 0.3 is 0 Å². The van der Waals surface area contributed by atoms with E-state index < -0.39 is 8.32 Å². The van der Waals surface area contributed by atoms with Gasteiger partial charge in [-0.3, -0.25) is 0 Å². The van der Waals surface area contributed by atoms with Crippen LogP contribution in [0.2, 0.25) is 19.6 Å². The van der Waals surface area contributed by atoms with E-state index in [1.807, 2.05) is 0 Å². The van der Waals surface area contributed by atoms with Crippen molar-refractivity contribution in [2.75, 3.05) is 6.61 Å². The largest absolute Gasteiger partial charge is 0.409 e. The molecule has 1 unspecified atom stereocenters. The lowest BCUT2D eigenvalue weighted by Crippen LogP contribution is -2.39. The SMILES string of the molecule is C[C@@H](CO[C@H]1C=C[C@@](C)(O[Si](C)(C)C)C1)[C@H]1CCC2C(=CI)CCC[C@@]21C. The van der Waals surface area contributed by atoms with Crippen LogP contribution in [0.25, 0.3) is 0 Å². The molecule has 0 radical (unpaired) electrons. The molecule has 0 bridgehead atoms. The average Bonchev–Trinajstić information content (AvgIpc) is 3.10. The zero-order chi connectivity index (χ0) is 19.9. The van der Waals surface area contributed by atoms with Crippen LogP contribution in [0.1, 0.15) is 59.3 Å². The van der Waals surface area contributed by atoms with Gasteiger partial charge in [-0.2, -0.15) is 0 Å². The molecular formula is C23H39IO2Si. The average molecular weight is 503 g/mol. The van der Waals surface area contributed by atoms with Crippen molar-refractivity contribution in [3.8, 4) is 0 Å². The Kier molecular flexibility index (Phi) is 6.72. The third-order valence-corrected chi connectivity index (χ3v) is 9.13. The lowest BCUT2D eigenvalue weighted by atomic mass is 9.61. The smallest absolute Gasteiger partial charge is 0.184 e. The summed E-state index contributed by atoms with van der Waals surface area (Å²) in [5.74, 6) is 2.24. The zero-order valence-corrected chi connectivity index (χ0v) is 21.3. The molecule has 4 heteroatoms. The standard InChI is InChI=1S/C23H39IO2Si/c1-17(16-25-19-11-13-22(2,14-19)26-27(4,5)6)20-9-10-21-18(15-24)8-7-12-23(20,21)3/h11,13,15,17,19-21H,7-10,12,14,16H2,1-6H3/t17-,19-,20+,21?,22+,23+/m0/s1. The molecule has 0 N–H and O–H groups in total. The number of hydrogen-bond donors (Lipinski definition) is 0. The van der Waals surface area contributed by atoms with Crippen molar-refractivity contribution in [1.29, 1.82) is 0 Å². The van der Waals surface area contributed by atoms with Gasteiger partial charge in [0.1, 0.15) is 0 Å². The normalized spacial score (nSPS) is 41.9. The van der Waals surface area contributed by atoms with Gasteiger partial charge in [0.05, 0.1) is 18.3 Å². The molecule has 3 aliphatic rings. The summed E-state index contributed by atoms with van der Waals surface area (Å²) in [6.07, 6.45) is 12.5. The molecule has 154 valence electrons. The van der Waals surface area contributed by atoms with E-state index in [0.29, 0.717) is 11.3 Å². The second-order valence-corrected chi connectivity index (χ2v) is 15.8. The first-order chi connectivity index (χ1) is 12.6. The summed E-state index contributed by atoms with van der Waals surface area (Å²) in [7, 11) is -1.54. The van der Waals surface area contributed by atoms with Crippen molar-refractivity contribution in [2.24, 2.45) is 23.2 Å². The van der Waals surface area contributed by atoms with Crippen LogP contribution in [0.4, 0.5) is 0 Å². The van der Waals surface area contributed by atoms with Gasteiger partial charge in [-0.1, -0.05) is 54.2 Å². The topological polar surface area (TPSA) is 18.5 Å². The Labute approximate surface area is 181 Å².